The summed E-state index contributed by atoms with van der Waals surface area (Å²) in [5.41, 5.74) is 1.30. The lowest BCUT2D eigenvalue weighted by Gasteiger charge is -2.04. The largest absolute Gasteiger partial charge is 0.346 e. The van der Waals surface area contributed by atoms with E-state index in [4.69, 9.17) is 4.52 Å². The molecule has 0 atom stereocenters. The Morgan fingerprint density at radius 2 is 2.07 bits per heavy atom. The number of hydrogen-bond donors (Lipinski definition) is 1. The molecule has 1 N–H and O–H groups in total. The molecule has 1 aromatic carbocycles. The summed E-state index contributed by atoms with van der Waals surface area (Å²) in [4.78, 5) is 24.8. The molecule has 3 heterocycles. The summed E-state index contributed by atoms with van der Waals surface area (Å²) in [6, 6.07) is 9.81. The van der Waals surface area contributed by atoms with Gasteiger partial charge in [0.2, 0.25) is 0 Å². The Bertz CT molecular complexity index is 1120. The number of imidazole rings is 1. The molecule has 0 aliphatic carbocycles. The van der Waals surface area contributed by atoms with Gasteiger partial charge in [-0.25, -0.2) is 14.4 Å². The minimum absolute atomic E-state index is 0.0783. The van der Waals surface area contributed by atoms with Gasteiger partial charge >= 0.3 is 0 Å². The highest BCUT2D eigenvalue weighted by Gasteiger charge is 2.12. The first kappa shape index (κ1) is 17.5. The second-order valence-electron chi connectivity index (χ2n) is 5.99. The Hall–Kier alpha value is -3.88. The van der Waals surface area contributed by atoms with Crippen LogP contribution in [0.2, 0.25) is 0 Å². The number of hydrogen-bond acceptors (Lipinski definition) is 6. The van der Waals surface area contributed by atoms with Gasteiger partial charge in [0, 0.05) is 24.5 Å². The van der Waals surface area contributed by atoms with Crippen LogP contribution in [-0.4, -0.2) is 30.6 Å². The Balaban J connectivity index is 1.45. The number of benzene rings is 1. The first-order valence-electron chi connectivity index (χ1n) is 8.43. The summed E-state index contributed by atoms with van der Waals surface area (Å²) in [5.74, 6) is 0.727. The Labute approximate surface area is 159 Å². The molecule has 3 aromatic heterocycles. The third-order valence-electron chi connectivity index (χ3n) is 4.00. The molecule has 0 bridgehead atoms. The van der Waals surface area contributed by atoms with Crippen LogP contribution in [0.15, 0.2) is 59.6 Å². The van der Waals surface area contributed by atoms with Gasteiger partial charge in [0.1, 0.15) is 23.7 Å². The van der Waals surface area contributed by atoms with E-state index in [1.165, 1.54) is 12.4 Å². The molecule has 4 aromatic rings. The standard InChI is InChI=1S/C19H15FN6O2/c1-12-24-19(28-25-12)14-6-7-17(21-9-14)26-10-16(23-11-26)18(27)22-8-13-4-2-3-5-15(13)20/h2-7,9-11H,8H2,1H3,(H,22,27). The highest BCUT2D eigenvalue weighted by atomic mass is 19.1. The molecule has 0 saturated heterocycles. The van der Waals surface area contributed by atoms with Gasteiger partial charge < -0.3 is 9.84 Å². The van der Waals surface area contributed by atoms with Crippen molar-refractivity contribution in [1.29, 1.82) is 0 Å². The molecule has 8 nitrogen and oxygen atoms in total. The molecular formula is C19H15FN6O2. The molecule has 0 radical (unpaired) electrons. The Kier molecular flexibility index (Phi) is 4.63. The van der Waals surface area contributed by atoms with Crippen molar-refractivity contribution in [1.82, 2.24) is 30.0 Å². The van der Waals surface area contributed by atoms with Crippen molar-refractivity contribution in [3.05, 3.63) is 78.0 Å². The highest BCUT2D eigenvalue weighted by Crippen LogP contribution is 2.17. The van der Waals surface area contributed by atoms with Crippen LogP contribution in [0.5, 0.6) is 0 Å². The van der Waals surface area contributed by atoms with E-state index in [1.807, 2.05) is 0 Å². The molecule has 4 rings (SSSR count). The van der Waals surface area contributed by atoms with Crippen molar-refractivity contribution < 1.29 is 13.7 Å². The van der Waals surface area contributed by atoms with Gasteiger partial charge in [-0.2, -0.15) is 4.98 Å². The van der Waals surface area contributed by atoms with Crippen molar-refractivity contribution >= 4 is 5.91 Å². The van der Waals surface area contributed by atoms with Crippen LogP contribution < -0.4 is 5.32 Å². The fourth-order valence-electron chi connectivity index (χ4n) is 2.55. The molecule has 0 spiro atoms. The van der Waals surface area contributed by atoms with E-state index < -0.39 is 5.91 Å². The van der Waals surface area contributed by atoms with Crippen LogP contribution in [0.25, 0.3) is 17.3 Å². The molecule has 0 aliphatic heterocycles. The normalized spacial score (nSPS) is 10.8. The number of carbonyl (C=O) groups excluding carboxylic acids is 1. The smallest absolute Gasteiger partial charge is 0.271 e. The zero-order valence-electron chi connectivity index (χ0n) is 14.8. The third-order valence-corrected chi connectivity index (χ3v) is 4.00. The maximum Gasteiger partial charge on any atom is 0.271 e. The first-order valence-corrected chi connectivity index (χ1v) is 8.43. The molecule has 9 heteroatoms. The number of rotatable bonds is 5. The van der Waals surface area contributed by atoms with Gasteiger partial charge in [-0.15, -0.1) is 0 Å². The number of pyridine rings is 1. The summed E-state index contributed by atoms with van der Waals surface area (Å²) >= 11 is 0. The van der Waals surface area contributed by atoms with Crippen LogP contribution in [-0.2, 0) is 6.54 Å². The molecular weight excluding hydrogens is 363 g/mol. The van der Waals surface area contributed by atoms with Crippen molar-refractivity contribution in [3.8, 4) is 17.3 Å². The van der Waals surface area contributed by atoms with E-state index in [0.717, 1.165) is 0 Å². The third kappa shape index (κ3) is 3.63. The van der Waals surface area contributed by atoms with E-state index >= 15 is 0 Å². The predicted octanol–water partition coefficient (Wildman–Crippen LogP) is 2.69. The van der Waals surface area contributed by atoms with Crippen molar-refractivity contribution in [2.75, 3.05) is 0 Å². The monoisotopic (exact) mass is 378 g/mol. The summed E-state index contributed by atoms with van der Waals surface area (Å²) in [6.07, 6.45) is 4.63. The number of aromatic nitrogens is 5. The van der Waals surface area contributed by atoms with E-state index in [2.05, 4.69) is 25.4 Å². The maximum absolute atomic E-state index is 13.6. The summed E-state index contributed by atoms with van der Waals surface area (Å²) in [6.45, 7) is 1.81. The predicted molar refractivity (Wildman–Crippen MR) is 97.0 cm³/mol. The molecule has 28 heavy (non-hydrogen) atoms. The van der Waals surface area contributed by atoms with Crippen molar-refractivity contribution in [3.63, 3.8) is 0 Å². The minimum atomic E-state index is -0.403. The van der Waals surface area contributed by atoms with Crippen LogP contribution in [0, 0.1) is 12.7 Å². The van der Waals surface area contributed by atoms with E-state index in [1.54, 1.807) is 54.2 Å². The van der Waals surface area contributed by atoms with Crippen LogP contribution >= 0.6 is 0 Å². The molecule has 0 fully saturated rings. The highest BCUT2D eigenvalue weighted by molar-refractivity contribution is 5.92. The number of aryl methyl sites for hydroxylation is 1. The Morgan fingerprint density at radius 3 is 2.79 bits per heavy atom. The van der Waals surface area contributed by atoms with Gasteiger partial charge in [-0.1, -0.05) is 23.4 Å². The molecule has 0 aliphatic rings. The van der Waals surface area contributed by atoms with E-state index in [9.17, 15) is 9.18 Å². The summed E-state index contributed by atoms with van der Waals surface area (Å²) in [5, 5.41) is 6.40. The molecule has 1 amide bonds. The second kappa shape index (κ2) is 7.39. The fourth-order valence-corrected chi connectivity index (χ4v) is 2.55. The first-order chi connectivity index (χ1) is 13.6. The topological polar surface area (TPSA) is 98.7 Å². The van der Waals surface area contributed by atoms with Gasteiger partial charge in [0.25, 0.3) is 11.8 Å². The zero-order valence-corrected chi connectivity index (χ0v) is 14.8. The average molecular weight is 378 g/mol. The molecule has 0 unspecified atom stereocenters. The van der Waals surface area contributed by atoms with E-state index in [0.29, 0.717) is 28.7 Å². The zero-order chi connectivity index (χ0) is 19.5. The molecule has 0 saturated carbocycles. The number of carbonyl (C=O) groups is 1. The lowest BCUT2D eigenvalue weighted by Crippen LogP contribution is -2.23. The van der Waals surface area contributed by atoms with Crippen LogP contribution in [0.4, 0.5) is 4.39 Å². The lowest BCUT2D eigenvalue weighted by atomic mass is 10.2. The summed E-state index contributed by atoms with van der Waals surface area (Å²) in [7, 11) is 0. The fraction of sp³-hybridized carbons (Fsp3) is 0.105. The maximum atomic E-state index is 13.6. The molecule has 140 valence electrons. The van der Waals surface area contributed by atoms with Crippen LogP contribution in [0.3, 0.4) is 0 Å². The minimum Gasteiger partial charge on any atom is -0.346 e. The quantitative estimate of drug-likeness (QED) is 0.573. The number of amides is 1. The van der Waals surface area contributed by atoms with Gasteiger partial charge in [-0.05, 0) is 25.1 Å². The number of nitrogens with zero attached hydrogens (tertiary/aromatic N) is 5. The second-order valence-corrected chi connectivity index (χ2v) is 5.99. The van der Waals surface area contributed by atoms with Crippen molar-refractivity contribution in [2.24, 2.45) is 0 Å². The number of halogens is 1. The Morgan fingerprint density at radius 1 is 1.21 bits per heavy atom. The van der Waals surface area contributed by atoms with E-state index in [-0.39, 0.29) is 18.1 Å². The SMILES string of the molecule is Cc1noc(-c2ccc(-n3cnc(C(=O)NCc4ccccc4F)c3)nc2)n1. The average Bonchev–Trinajstić information content (AvgIpc) is 3.37. The van der Waals surface area contributed by atoms with Crippen molar-refractivity contribution in [2.45, 2.75) is 13.5 Å². The summed E-state index contributed by atoms with van der Waals surface area (Å²) < 4.78 is 20.3. The van der Waals surface area contributed by atoms with Gasteiger partial charge in [0.15, 0.2) is 5.82 Å². The van der Waals surface area contributed by atoms with Gasteiger partial charge in [-0.3, -0.25) is 9.36 Å². The lowest BCUT2D eigenvalue weighted by molar-refractivity contribution is 0.0946. The van der Waals surface area contributed by atoms with Gasteiger partial charge in [0.05, 0.1) is 5.56 Å². The number of nitrogens with one attached hydrogen (secondary N) is 1. The van der Waals surface area contributed by atoms with Crippen LogP contribution in [0.1, 0.15) is 21.9 Å².